The maximum absolute atomic E-state index is 10.9. The first-order valence-electron chi connectivity index (χ1n) is 5.03. The van der Waals surface area contributed by atoms with E-state index in [-0.39, 0.29) is 5.78 Å². The molecular formula is C13H14N2O. The second kappa shape index (κ2) is 5.72. The fourth-order valence-corrected chi connectivity index (χ4v) is 1.41. The number of carbonyl (C=O) groups excluding carboxylic acids is 1. The highest BCUT2D eigenvalue weighted by atomic mass is 16.1. The molecule has 0 aliphatic rings. The molecule has 1 rings (SSSR count). The number of hydrogen-bond acceptors (Lipinski definition) is 3. The Kier molecular flexibility index (Phi) is 4.28. The van der Waals surface area contributed by atoms with Gasteiger partial charge in [-0.1, -0.05) is 30.3 Å². The van der Waals surface area contributed by atoms with Gasteiger partial charge in [-0.3, -0.25) is 4.79 Å². The number of allylic oxidation sites excluding steroid dienone is 2. The fraction of sp³-hybridized carbons (Fsp3) is 0.231. The van der Waals surface area contributed by atoms with Gasteiger partial charge in [-0.05, 0) is 25.5 Å². The van der Waals surface area contributed by atoms with Crippen LogP contribution in [-0.2, 0) is 4.79 Å². The number of carbonyl (C=O) groups is 1. The second-order valence-corrected chi connectivity index (χ2v) is 3.56. The summed E-state index contributed by atoms with van der Waals surface area (Å²) in [6.45, 7) is 3.25. The number of nitriles is 1. The number of rotatable bonds is 4. The molecular weight excluding hydrogens is 200 g/mol. The van der Waals surface area contributed by atoms with Crippen LogP contribution in [0.4, 0.5) is 0 Å². The van der Waals surface area contributed by atoms with Crippen molar-refractivity contribution in [2.24, 2.45) is 0 Å². The number of ketones is 1. The quantitative estimate of drug-likeness (QED) is 0.782. The molecule has 0 fully saturated rings. The van der Waals surface area contributed by atoms with Crippen molar-refractivity contribution >= 4 is 5.78 Å². The lowest BCUT2D eigenvalue weighted by Gasteiger charge is -2.13. The molecule has 16 heavy (non-hydrogen) atoms. The highest BCUT2D eigenvalue weighted by Gasteiger charge is 2.08. The van der Waals surface area contributed by atoms with E-state index < -0.39 is 6.04 Å². The molecule has 3 nitrogen and oxygen atoms in total. The normalized spacial score (nSPS) is 12.7. The van der Waals surface area contributed by atoms with E-state index in [1.807, 2.05) is 30.3 Å². The maximum atomic E-state index is 10.9. The molecule has 82 valence electrons. The number of nitrogens with zero attached hydrogens (tertiary/aromatic N) is 1. The zero-order valence-corrected chi connectivity index (χ0v) is 9.40. The van der Waals surface area contributed by atoms with Crippen molar-refractivity contribution in [3.63, 3.8) is 0 Å². The molecule has 0 aromatic heterocycles. The van der Waals surface area contributed by atoms with Crippen LogP contribution in [0, 0.1) is 11.3 Å². The molecule has 0 radical (unpaired) electrons. The largest absolute Gasteiger partial charge is 0.370 e. The Hall–Kier alpha value is -2.08. The zero-order chi connectivity index (χ0) is 12.0. The van der Waals surface area contributed by atoms with Gasteiger partial charge in [0.2, 0.25) is 0 Å². The lowest BCUT2D eigenvalue weighted by molar-refractivity contribution is -0.112. The van der Waals surface area contributed by atoms with Crippen LogP contribution >= 0.6 is 0 Å². The van der Waals surface area contributed by atoms with E-state index in [0.29, 0.717) is 5.70 Å². The summed E-state index contributed by atoms with van der Waals surface area (Å²) >= 11 is 0. The maximum Gasteiger partial charge on any atom is 0.154 e. The third kappa shape index (κ3) is 3.58. The van der Waals surface area contributed by atoms with Crippen LogP contribution in [0.1, 0.15) is 25.5 Å². The van der Waals surface area contributed by atoms with Crippen LogP contribution < -0.4 is 5.32 Å². The summed E-state index contributed by atoms with van der Waals surface area (Å²) in [5, 5.41) is 12.0. The summed E-state index contributed by atoms with van der Waals surface area (Å²) in [4.78, 5) is 10.9. The summed E-state index contributed by atoms with van der Waals surface area (Å²) in [5.41, 5.74) is 1.59. The summed E-state index contributed by atoms with van der Waals surface area (Å²) in [6.07, 6.45) is 1.48. The van der Waals surface area contributed by atoms with E-state index in [2.05, 4.69) is 11.4 Å². The first-order chi connectivity index (χ1) is 7.63. The number of hydrogen-bond donors (Lipinski definition) is 1. The first kappa shape index (κ1) is 12.0. The molecule has 0 heterocycles. The molecule has 1 N–H and O–H groups in total. The molecule has 0 aliphatic heterocycles. The summed E-state index contributed by atoms with van der Waals surface area (Å²) in [5.74, 6) is -0.0326. The highest BCUT2D eigenvalue weighted by Crippen LogP contribution is 2.12. The predicted molar refractivity (Wildman–Crippen MR) is 62.4 cm³/mol. The lowest BCUT2D eigenvalue weighted by atomic mass is 10.1. The Morgan fingerprint density at radius 1 is 1.38 bits per heavy atom. The van der Waals surface area contributed by atoms with Crippen LogP contribution in [0.3, 0.4) is 0 Å². The van der Waals surface area contributed by atoms with E-state index >= 15 is 0 Å². The average Bonchev–Trinajstić information content (AvgIpc) is 2.26. The van der Waals surface area contributed by atoms with Crippen molar-refractivity contribution in [2.75, 3.05) is 0 Å². The van der Waals surface area contributed by atoms with Gasteiger partial charge in [-0.25, -0.2) is 0 Å². The van der Waals surface area contributed by atoms with E-state index in [4.69, 9.17) is 5.26 Å². The minimum absolute atomic E-state index is 0.0326. The molecule has 0 saturated carbocycles. The van der Waals surface area contributed by atoms with Crippen LogP contribution in [0.2, 0.25) is 0 Å². The Balaban J connectivity index is 2.79. The Morgan fingerprint density at radius 3 is 2.50 bits per heavy atom. The van der Waals surface area contributed by atoms with Crippen LogP contribution in [0.25, 0.3) is 0 Å². The minimum Gasteiger partial charge on any atom is -0.370 e. The molecule has 0 spiro atoms. The Bertz CT molecular complexity index is 429. The van der Waals surface area contributed by atoms with Gasteiger partial charge in [0.05, 0.1) is 6.07 Å². The summed E-state index contributed by atoms with van der Waals surface area (Å²) < 4.78 is 0. The SMILES string of the molecule is CC(=O)/C=C(/C)NC(C#N)c1ccccc1. The van der Waals surface area contributed by atoms with Gasteiger partial charge in [0.15, 0.2) is 5.78 Å². The van der Waals surface area contributed by atoms with Crippen molar-refractivity contribution in [3.05, 3.63) is 47.7 Å². The van der Waals surface area contributed by atoms with E-state index in [1.165, 1.54) is 13.0 Å². The summed E-state index contributed by atoms with van der Waals surface area (Å²) in [7, 11) is 0. The smallest absolute Gasteiger partial charge is 0.154 e. The van der Waals surface area contributed by atoms with Crippen molar-refractivity contribution < 1.29 is 4.79 Å². The number of nitrogens with one attached hydrogen (secondary N) is 1. The van der Waals surface area contributed by atoms with Crippen molar-refractivity contribution in [3.8, 4) is 6.07 Å². The Morgan fingerprint density at radius 2 is 2.00 bits per heavy atom. The van der Waals surface area contributed by atoms with Gasteiger partial charge >= 0.3 is 0 Å². The highest BCUT2D eigenvalue weighted by molar-refractivity contribution is 5.87. The van der Waals surface area contributed by atoms with E-state index in [9.17, 15) is 4.79 Å². The van der Waals surface area contributed by atoms with Crippen molar-refractivity contribution in [2.45, 2.75) is 19.9 Å². The van der Waals surface area contributed by atoms with E-state index in [0.717, 1.165) is 5.56 Å². The van der Waals surface area contributed by atoms with Gasteiger partial charge in [0.25, 0.3) is 0 Å². The topological polar surface area (TPSA) is 52.9 Å². The van der Waals surface area contributed by atoms with Crippen LogP contribution in [-0.4, -0.2) is 5.78 Å². The molecule has 1 aromatic rings. The molecule has 1 atom stereocenters. The molecule has 1 unspecified atom stereocenters. The fourth-order valence-electron chi connectivity index (χ4n) is 1.41. The van der Waals surface area contributed by atoms with Gasteiger partial charge < -0.3 is 5.32 Å². The minimum atomic E-state index is -0.420. The third-order valence-electron chi connectivity index (χ3n) is 2.05. The third-order valence-corrected chi connectivity index (χ3v) is 2.05. The number of benzene rings is 1. The van der Waals surface area contributed by atoms with Gasteiger partial charge in [-0.15, -0.1) is 0 Å². The molecule has 0 saturated heterocycles. The molecule has 1 aromatic carbocycles. The van der Waals surface area contributed by atoms with Crippen LogP contribution in [0.5, 0.6) is 0 Å². The average molecular weight is 214 g/mol. The van der Waals surface area contributed by atoms with Crippen molar-refractivity contribution in [1.29, 1.82) is 5.26 Å². The standard InChI is InChI=1S/C13H14N2O/c1-10(8-11(2)16)15-13(9-14)12-6-4-3-5-7-12/h3-8,13,15H,1-2H3/b10-8-. The molecule has 0 bridgehead atoms. The lowest BCUT2D eigenvalue weighted by Crippen LogP contribution is -2.18. The van der Waals surface area contributed by atoms with Crippen LogP contribution in [0.15, 0.2) is 42.1 Å². The van der Waals surface area contributed by atoms with Gasteiger partial charge in [-0.2, -0.15) is 5.26 Å². The van der Waals surface area contributed by atoms with Crippen molar-refractivity contribution in [1.82, 2.24) is 5.32 Å². The molecule has 3 heteroatoms. The predicted octanol–water partition coefficient (Wildman–Crippen LogP) is 2.33. The summed E-state index contributed by atoms with van der Waals surface area (Å²) in [6, 6.07) is 11.2. The molecule has 0 amide bonds. The monoisotopic (exact) mass is 214 g/mol. The Labute approximate surface area is 95.4 Å². The van der Waals surface area contributed by atoms with Gasteiger partial charge in [0, 0.05) is 5.70 Å². The van der Waals surface area contributed by atoms with Gasteiger partial charge in [0.1, 0.15) is 6.04 Å². The first-order valence-corrected chi connectivity index (χ1v) is 5.03. The van der Waals surface area contributed by atoms with E-state index in [1.54, 1.807) is 6.92 Å². The molecule has 0 aliphatic carbocycles. The second-order valence-electron chi connectivity index (χ2n) is 3.56. The zero-order valence-electron chi connectivity index (χ0n) is 9.40.